The summed E-state index contributed by atoms with van der Waals surface area (Å²) in [6, 6.07) is 6.84. The highest BCUT2D eigenvalue weighted by atomic mass is 32.2. The molecule has 1 aromatic heterocycles. The number of nitrogens with one attached hydrogen (secondary N) is 1. The van der Waals surface area contributed by atoms with Crippen LogP contribution >= 0.6 is 11.8 Å². The lowest BCUT2D eigenvalue weighted by Crippen LogP contribution is -2.45. The molecule has 0 spiro atoms. The van der Waals surface area contributed by atoms with Crippen molar-refractivity contribution in [3.63, 3.8) is 0 Å². The van der Waals surface area contributed by atoms with Crippen molar-refractivity contribution >= 4 is 35.2 Å². The second kappa shape index (κ2) is 11.0. The maximum atomic E-state index is 12.6. The lowest BCUT2D eigenvalue weighted by Gasteiger charge is -2.35. The summed E-state index contributed by atoms with van der Waals surface area (Å²) in [7, 11) is 1.85. The Bertz CT molecular complexity index is 930. The molecule has 0 bridgehead atoms. The van der Waals surface area contributed by atoms with Crippen LogP contribution in [0.4, 0.5) is 5.69 Å². The Balaban J connectivity index is 1.56. The van der Waals surface area contributed by atoms with Crippen LogP contribution < -0.4 is 5.32 Å². The van der Waals surface area contributed by atoms with E-state index in [1.54, 1.807) is 36.7 Å². The number of thioether (sulfide) groups is 1. The fourth-order valence-electron chi connectivity index (χ4n) is 3.62. The molecule has 1 aliphatic rings. The molecule has 8 nitrogen and oxygen atoms in total. The van der Waals surface area contributed by atoms with Crippen molar-refractivity contribution in [1.29, 1.82) is 0 Å². The van der Waals surface area contributed by atoms with Gasteiger partial charge in [0.15, 0.2) is 11.8 Å². The minimum absolute atomic E-state index is 0.153. The van der Waals surface area contributed by atoms with E-state index in [1.807, 2.05) is 16.5 Å². The monoisotopic (exact) mass is 444 g/mol. The van der Waals surface area contributed by atoms with Crippen LogP contribution in [0.1, 0.15) is 43.0 Å². The molecule has 31 heavy (non-hydrogen) atoms. The van der Waals surface area contributed by atoms with Crippen LogP contribution in [-0.4, -0.2) is 57.2 Å². The topological polar surface area (TPSA) is 93.5 Å². The van der Waals surface area contributed by atoms with E-state index < -0.39 is 5.97 Å². The predicted molar refractivity (Wildman–Crippen MR) is 119 cm³/mol. The predicted octanol–water partition coefficient (Wildman–Crippen LogP) is 3.10. The number of nitrogens with zero attached hydrogens (tertiary/aromatic N) is 3. The minimum Gasteiger partial charge on any atom is -0.452 e. The van der Waals surface area contributed by atoms with Crippen LogP contribution in [0.5, 0.6) is 0 Å². The lowest BCUT2D eigenvalue weighted by atomic mass is 10.00. The van der Waals surface area contributed by atoms with Crippen molar-refractivity contribution in [2.45, 2.75) is 43.8 Å². The van der Waals surface area contributed by atoms with Gasteiger partial charge in [-0.1, -0.05) is 30.8 Å². The number of hydrogen-bond donors (Lipinski definition) is 1. The lowest BCUT2D eigenvalue weighted by molar-refractivity contribution is -0.138. The highest BCUT2D eigenvalue weighted by molar-refractivity contribution is 7.99. The Morgan fingerprint density at radius 1 is 1.26 bits per heavy atom. The van der Waals surface area contributed by atoms with Gasteiger partial charge >= 0.3 is 5.97 Å². The molecule has 0 aliphatic carbocycles. The normalized spacial score (nSPS) is 16.1. The number of likely N-dealkylation sites (tertiary alicyclic amines) is 1. The van der Waals surface area contributed by atoms with Crippen LogP contribution in [0, 0.1) is 0 Å². The number of piperidine rings is 1. The van der Waals surface area contributed by atoms with E-state index in [1.165, 1.54) is 11.8 Å². The first kappa shape index (κ1) is 22.9. The van der Waals surface area contributed by atoms with Gasteiger partial charge in [0.05, 0.1) is 17.0 Å². The molecule has 2 amide bonds. The summed E-state index contributed by atoms with van der Waals surface area (Å²) >= 11 is 1.30. The average Bonchev–Trinajstić information content (AvgIpc) is 3.20. The summed E-state index contributed by atoms with van der Waals surface area (Å²) in [6.45, 7) is 2.47. The molecule has 0 saturated carbocycles. The Morgan fingerprint density at radius 3 is 2.81 bits per heavy atom. The van der Waals surface area contributed by atoms with Crippen molar-refractivity contribution < 1.29 is 19.1 Å². The molecule has 166 valence electrons. The number of aryl methyl sites for hydroxylation is 1. The van der Waals surface area contributed by atoms with Gasteiger partial charge in [0.2, 0.25) is 5.91 Å². The van der Waals surface area contributed by atoms with E-state index in [2.05, 4.69) is 17.2 Å². The summed E-state index contributed by atoms with van der Waals surface area (Å²) in [5.74, 6) is -0.914. The Morgan fingerprint density at radius 2 is 2.06 bits per heavy atom. The number of para-hydroxylation sites is 1. The van der Waals surface area contributed by atoms with Crippen LogP contribution in [-0.2, 0) is 21.4 Å². The molecule has 1 aromatic carbocycles. The van der Waals surface area contributed by atoms with Crippen molar-refractivity contribution in [2.24, 2.45) is 7.05 Å². The number of hydrogen-bond acceptors (Lipinski definition) is 6. The maximum Gasteiger partial charge on any atom is 0.340 e. The van der Waals surface area contributed by atoms with Crippen molar-refractivity contribution in [3.05, 3.63) is 42.2 Å². The summed E-state index contributed by atoms with van der Waals surface area (Å²) < 4.78 is 7.12. The van der Waals surface area contributed by atoms with E-state index in [0.717, 1.165) is 30.8 Å². The second-order valence-corrected chi connectivity index (χ2v) is 8.37. The number of imidazole rings is 1. The van der Waals surface area contributed by atoms with Gasteiger partial charge in [-0.05, 0) is 37.8 Å². The van der Waals surface area contributed by atoms with E-state index in [-0.39, 0.29) is 35.8 Å². The molecule has 3 rings (SSSR count). The van der Waals surface area contributed by atoms with E-state index >= 15 is 0 Å². The zero-order valence-electron chi connectivity index (χ0n) is 17.9. The highest BCUT2D eigenvalue weighted by Gasteiger charge is 2.26. The fraction of sp³-hybridized carbons (Fsp3) is 0.455. The van der Waals surface area contributed by atoms with Gasteiger partial charge in [0.1, 0.15) is 0 Å². The van der Waals surface area contributed by atoms with Gasteiger partial charge in [0, 0.05) is 32.0 Å². The maximum absolute atomic E-state index is 12.6. The molecule has 1 fully saturated rings. The molecule has 1 atom stereocenters. The second-order valence-electron chi connectivity index (χ2n) is 7.42. The Labute approximate surface area is 186 Å². The number of anilines is 1. The number of rotatable bonds is 8. The summed E-state index contributed by atoms with van der Waals surface area (Å²) in [4.78, 5) is 43.5. The van der Waals surface area contributed by atoms with Crippen LogP contribution in [0.2, 0.25) is 0 Å². The highest BCUT2D eigenvalue weighted by Crippen LogP contribution is 2.21. The first-order chi connectivity index (χ1) is 15.0. The first-order valence-corrected chi connectivity index (χ1v) is 11.4. The zero-order valence-corrected chi connectivity index (χ0v) is 18.7. The van der Waals surface area contributed by atoms with Gasteiger partial charge in [-0.15, -0.1) is 0 Å². The number of esters is 1. The number of aromatic nitrogens is 2. The SMILES string of the molecule is CCC1CCCCN1C(=O)COC(=O)c1ccccc1NC(=O)CSc1nccn1C. The standard InChI is InChI=1S/C22H28N4O4S/c1-3-16-8-6-7-12-26(16)20(28)14-30-21(29)17-9-4-5-10-18(17)24-19(27)15-31-22-23-11-13-25(22)2/h4-5,9-11,13,16H,3,6-8,12,14-15H2,1-2H3,(H,24,27). The van der Waals surface area contributed by atoms with Gasteiger partial charge in [-0.2, -0.15) is 0 Å². The van der Waals surface area contributed by atoms with E-state index in [9.17, 15) is 14.4 Å². The van der Waals surface area contributed by atoms with Crippen molar-refractivity contribution in [2.75, 3.05) is 24.2 Å². The number of carbonyl (C=O) groups excluding carboxylic acids is 3. The molecular weight excluding hydrogens is 416 g/mol. The molecule has 1 saturated heterocycles. The molecule has 1 N–H and O–H groups in total. The van der Waals surface area contributed by atoms with Crippen molar-refractivity contribution in [1.82, 2.24) is 14.5 Å². The third-order valence-corrected chi connectivity index (χ3v) is 6.33. The number of carbonyl (C=O) groups is 3. The molecular formula is C22H28N4O4S. The molecule has 0 radical (unpaired) electrons. The van der Waals surface area contributed by atoms with E-state index in [0.29, 0.717) is 12.2 Å². The minimum atomic E-state index is -0.633. The number of amides is 2. The molecule has 1 aliphatic heterocycles. The Kier molecular flexibility index (Phi) is 8.11. The smallest absolute Gasteiger partial charge is 0.340 e. The summed E-state index contributed by atoms with van der Waals surface area (Å²) in [5.41, 5.74) is 0.575. The third-order valence-electron chi connectivity index (χ3n) is 5.28. The van der Waals surface area contributed by atoms with Crippen LogP contribution in [0.25, 0.3) is 0 Å². The largest absolute Gasteiger partial charge is 0.452 e. The zero-order chi connectivity index (χ0) is 22.2. The molecule has 9 heteroatoms. The van der Waals surface area contributed by atoms with Gasteiger partial charge < -0.3 is 19.5 Å². The first-order valence-electron chi connectivity index (χ1n) is 10.4. The van der Waals surface area contributed by atoms with Gasteiger partial charge in [-0.3, -0.25) is 9.59 Å². The van der Waals surface area contributed by atoms with Gasteiger partial charge in [-0.25, -0.2) is 9.78 Å². The summed E-state index contributed by atoms with van der Waals surface area (Å²) in [6.07, 6.45) is 7.44. The number of ether oxygens (including phenoxy) is 1. The molecule has 2 heterocycles. The fourth-order valence-corrected chi connectivity index (χ4v) is 4.35. The van der Waals surface area contributed by atoms with Crippen LogP contribution in [0.15, 0.2) is 41.8 Å². The summed E-state index contributed by atoms with van der Waals surface area (Å²) in [5, 5.41) is 3.47. The van der Waals surface area contributed by atoms with Crippen LogP contribution in [0.3, 0.4) is 0 Å². The quantitative estimate of drug-likeness (QED) is 0.497. The van der Waals surface area contributed by atoms with Crippen molar-refractivity contribution in [3.8, 4) is 0 Å². The number of benzene rings is 1. The van der Waals surface area contributed by atoms with E-state index in [4.69, 9.17) is 4.74 Å². The average molecular weight is 445 g/mol. The molecule has 1 unspecified atom stereocenters. The Hall–Kier alpha value is -2.81. The van der Waals surface area contributed by atoms with Gasteiger partial charge in [0.25, 0.3) is 5.91 Å². The molecule has 2 aromatic rings. The third kappa shape index (κ3) is 6.10.